The normalized spacial score (nSPS) is 18.7. The number of hydrogen-bond donors (Lipinski definition) is 2. The number of amides is 3. The van der Waals surface area contributed by atoms with Crippen molar-refractivity contribution in [2.24, 2.45) is 5.92 Å². The summed E-state index contributed by atoms with van der Waals surface area (Å²) >= 11 is 1.28. The van der Waals surface area contributed by atoms with Gasteiger partial charge in [-0.25, -0.2) is 0 Å². The number of nitrogens with one attached hydrogen (secondary N) is 2. The Morgan fingerprint density at radius 2 is 1.90 bits per heavy atom. The van der Waals surface area contributed by atoms with E-state index in [0.717, 1.165) is 16.1 Å². The molecule has 0 saturated carbocycles. The van der Waals surface area contributed by atoms with Crippen LogP contribution in [0.15, 0.2) is 47.4 Å². The van der Waals surface area contributed by atoms with Crippen LogP contribution in [0.1, 0.15) is 18.4 Å². The molecule has 2 aliphatic heterocycles. The first-order chi connectivity index (χ1) is 15.0. The minimum absolute atomic E-state index is 0.0743. The Kier molecular flexibility index (Phi) is 6.18. The second-order valence-corrected chi connectivity index (χ2v) is 8.92. The quantitative estimate of drug-likeness (QED) is 0.714. The van der Waals surface area contributed by atoms with Crippen LogP contribution in [0.25, 0.3) is 0 Å². The molecule has 0 spiro atoms. The predicted molar refractivity (Wildman–Crippen MR) is 120 cm³/mol. The number of thioether (sulfide) groups is 1. The summed E-state index contributed by atoms with van der Waals surface area (Å²) in [6.07, 6.45) is 1.11. The number of fused-ring (bicyclic) bond motifs is 1. The Balaban J connectivity index is 1.35. The van der Waals surface area contributed by atoms with Crippen molar-refractivity contribution in [3.05, 3.63) is 48.0 Å². The molecule has 7 nitrogen and oxygen atoms in total. The first kappa shape index (κ1) is 21.2. The summed E-state index contributed by atoms with van der Waals surface area (Å²) in [6, 6.07) is 13.1. The van der Waals surface area contributed by atoms with Crippen LogP contribution in [-0.2, 0) is 14.4 Å². The van der Waals surface area contributed by atoms with E-state index in [2.05, 4.69) is 10.6 Å². The molecule has 3 amide bonds. The smallest absolute Gasteiger partial charge is 0.247 e. The molecule has 162 valence electrons. The monoisotopic (exact) mass is 439 g/mol. The van der Waals surface area contributed by atoms with E-state index in [9.17, 15) is 14.4 Å². The fraction of sp³-hybridized carbons (Fsp3) is 0.348. The lowest BCUT2D eigenvalue weighted by molar-refractivity contribution is -0.136. The number of benzene rings is 2. The third-order valence-electron chi connectivity index (χ3n) is 5.64. The zero-order chi connectivity index (χ0) is 22.0. The molecule has 2 N–H and O–H groups in total. The summed E-state index contributed by atoms with van der Waals surface area (Å²) in [6.45, 7) is 2.86. The Hall–Kier alpha value is -3.00. The highest BCUT2D eigenvalue weighted by atomic mass is 32.2. The van der Waals surface area contributed by atoms with Gasteiger partial charge in [0.05, 0.1) is 18.5 Å². The summed E-state index contributed by atoms with van der Waals surface area (Å²) < 4.78 is 5.33. The SMILES string of the molecule is COc1ccc(C)cc1NC(=O)C1CCN(C(=O)[C@H]2Sc3ccccc3NC2=O)CC1. The number of hydrogen-bond acceptors (Lipinski definition) is 5. The van der Waals surface area contributed by atoms with Crippen LogP contribution in [0, 0.1) is 12.8 Å². The number of anilines is 2. The number of methoxy groups -OCH3 is 1. The number of piperidine rings is 1. The van der Waals surface area contributed by atoms with Gasteiger partial charge in [-0.15, -0.1) is 11.8 Å². The number of rotatable bonds is 4. The highest BCUT2D eigenvalue weighted by Crippen LogP contribution is 2.36. The van der Waals surface area contributed by atoms with E-state index < -0.39 is 5.25 Å². The van der Waals surface area contributed by atoms with Gasteiger partial charge < -0.3 is 20.3 Å². The molecule has 1 atom stereocenters. The first-order valence-electron chi connectivity index (χ1n) is 10.3. The van der Waals surface area contributed by atoms with Crippen LogP contribution >= 0.6 is 11.8 Å². The fourth-order valence-corrected chi connectivity index (χ4v) is 4.97. The van der Waals surface area contributed by atoms with Crippen LogP contribution in [0.5, 0.6) is 5.75 Å². The summed E-state index contributed by atoms with van der Waals surface area (Å²) in [5.74, 6) is -0.138. The van der Waals surface area contributed by atoms with Gasteiger partial charge in [-0.05, 0) is 49.6 Å². The molecular weight excluding hydrogens is 414 g/mol. The average molecular weight is 440 g/mol. The molecule has 0 bridgehead atoms. The minimum atomic E-state index is -0.795. The van der Waals surface area contributed by atoms with Gasteiger partial charge in [0.25, 0.3) is 0 Å². The number of nitrogens with zero attached hydrogens (tertiary/aromatic N) is 1. The molecule has 2 aliphatic rings. The van der Waals surface area contributed by atoms with Gasteiger partial charge in [0.1, 0.15) is 5.75 Å². The second kappa shape index (κ2) is 9.01. The van der Waals surface area contributed by atoms with Crippen molar-refractivity contribution in [3.8, 4) is 5.75 Å². The number of aryl methyl sites for hydroxylation is 1. The predicted octanol–water partition coefficient (Wildman–Crippen LogP) is 3.29. The number of carbonyl (C=O) groups excluding carboxylic acids is 3. The summed E-state index contributed by atoms with van der Waals surface area (Å²) in [4.78, 5) is 40.8. The number of ether oxygens (including phenoxy) is 1. The maximum Gasteiger partial charge on any atom is 0.247 e. The van der Waals surface area contributed by atoms with Crippen molar-refractivity contribution in [2.45, 2.75) is 29.9 Å². The fourth-order valence-electron chi connectivity index (χ4n) is 3.90. The lowest BCUT2D eigenvalue weighted by Crippen LogP contribution is -2.48. The molecule has 31 heavy (non-hydrogen) atoms. The van der Waals surface area contributed by atoms with Crippen LogP contribution in [0.2, 0.25) is 0 Å². The van der Waals surface area contributed by atoms with Gasteiger partial charge in [-0.3, -0.25) is 14.4 Å². The van der Waals surface area contributed by atoms with Gasteiger partial charge in [0.15, 0.2) is 5.25 Å². The molecule has 4 rings (SSSR count). The Morgan fingerprint density at radius 3 is 2.65 bits per heavy atom. The summed E-state index contributed by atoms with van der Waals surface area (Å²) in [5.41, 5.74) is 2.42. The van der Waals surface area contributed by atoms with E-state index in [-0.39, 0.29) is 23.6 Å². The highest BCUT2D eigenvalue weighted by Gasteiger charge is 2.37. The van der Waals surface area contributed by atoms with E-state index >= 15 is 0 Å². The molecule has 2 heterocycles. The van der Waals surface area contributed by atoms with Gasteiger partial charge in [-0.2, -0.15) is 0 Å². The third kappa shape index (κ3) is 4.54. The van der Waals surface area contributed by atoms with Crippen molar-refractivity contribution in [2.75, 3.05) is 30.8 Å². The molecule has 2 aromatic carbocycles. The average Bonchev–Trinajstić information content (AvgIpc) is 2.78. The molecule has 0 aromatic heterocycles. The third-order valence-corrected chi connectivity index (χ3v) is 6.90. The highest BCUT2D eigenvalue weighted by molar-refractivity contribution is 8.01. The largest absolute Gasteiger partial charge is 0.495 e. The Bertz CT molecular complexity index is 1020. The van der Waals surface area contributed by atoms with Crippen molar-refractivity contribution >= 4 is 40.9 Å². The number of para-hydroxylation sites is 1. The molecule has 1 fully saturated rings. The first-order valence-corrected chi connectivity index (χ1v) is 11.1. The van der Waals surface area contributed by atoms with Gasteiger partial charge in [-0.1, -0.05) is 18.2 Å². The molecule has 0 aliphatic carbocycles. The van der Waals surface area contributed by atoms with Crippen molar-refractivity contribution < 1.29 is 19.1 Å². The van der Waals surface area contributed by atoms with Gasteiger partial charge >= 0.3 is 0 Å². The molecule has 8 heteroatoms. The Morgan fingerprint density at radius 1 is 1.16 bits per heavy atom. The van der Waals surface area contributed by atoms with E-state index in [1.807, 2.05) is 49.4 Å². The van der Waals surface area contributed by atoms with E-state index in [4.69, 9.17) is 4.74 Å². The lowest BCUT2D eigenvalue weighted by Gasteiger charge is -2.34. The zero-order valence-electron chi connectivity index (χ0n) is 17.5. The van der Waals surface area contributed by atoms with Crippen LogP contribution in [0.3, 0.4) is 0 Å². The number of carbonyl (C=O) groups is 3. The van der Waals surface area contributed by atoms with Crippen LogP contribution in [-0.4, -0.2) is 48.1 Å². The maximum absolute atomic E-state index is 13.0. The Labute approximate surface area is 185 Å². The second-order valence-electron chi connectivity index (χ2n) is 7.78. The van der Waals surface area contributed by atoms with Gasteiger partial charge in [0.2, 0.25) is 17.7 Å². The van der Waals surface area contributed by atoms with Crippen molar-refractivity contribution in [1.82, 2.24) is 4.90 Å². The maximum atomic E-state index is 13.0. The van der Waals surface area contributed by atoms with E-state index in [1.165, 1.54) is 11.8 Å². The van der Waals surface area contributed by atoms with Crippen LogP contribution < -0.4 is 15.4 Å². The topological polar surface area (TPSA) is 87.7 Å². The molecular formula is C23H25N3O4S. The van der Waals surface area contributed by atoms with Crippen molar-refractivity contribution in [3.63, 3.8) is 0 Å². The van der Waals surface area contributed by atoms with Crippen molar-refractivity contribution in [1.29, 1.82) is 0 Å². The number of likely N-dealkylation sites (tertiary alicyclic amines) is 1. The standard InChI is InChI=1S/C23H25N3O4S/c1-14-7-8-18(30-2)17(13-14)25-21(27)15-9-11-26(12-10-15)23(29)20-22(28)24-16-5-3-4-6-19(16)31-20/h3-8,13,15,20H,9-12H2,1-2H3,(H,24,28)(H,25,27)/t20-/m0/s1. The molecule has 0 radical (unpaired) electrons. The summed E-state index contributed by atoms with van der Waals surface area (Å²) in [7, 11) is 1.57. The summed E-state index contributed by atoms with van der Waals surface area (Å²) in [5, 5.41) is 4.98. The van der Waals surface area contributed by atoms with Gasteiger partial charge in [0, 0.05) is 23.9 Å². The lowest BCUT2D eigenvalue weighted by atomic mass is 9.95. The zero-order valence-corrected chi connectivity index (χ0v) is 18.3. The van der Waals surface area contributed by atoms with E-state index in [1.54, 1.807) is 12.0 Å². The minimum Gasteiger partial charge on any atom is -0.495 e. The molecule has 2 aromatic rings. The molecule has 0 unspecified atom stereocenters. The van der Waals surface area contributed by atoms with E-state index in [0.29, 0.717) is 37.4 Å². The van der Waals surface area contributed by atoms with Crippen LogP contribution in [0.4, 0.5) is 11.4 Å². The molecule has 1 saturated heterocycles.